The Morgan fingerprint density at radius 3 is 2.50 bits per heavy atom. The highest BCUT2D eigenvalue weighted by Gasteiger charge is 2.04. The standard InChI is InChI=1S/C14H9ClN2O/c15-10-5-7-11(8-6-10)17-9-16-14(18)12-3-1-2-4-13(12)17/h1-9H. The lowest BCUT2D eigenvalue weighted by Crippen LogP contribution is -2.11. The van der Waals surface area contributed by atoms with Crippen molar-refractivity contribution in [3.05, 3.63) is 70.2 Å². The molecule has 2 aromatic carbocycles. The van der Waals surface area contributed by atoms with Gasteiger partial charge in [0.2, 0.25) is 0 Å². The first-order valence-corrected chi connectivity index (χ1v) is 5.86. The van der Waals surface area contributed by atoms with Crippen LogP contribution in [0.5, 0.6) is 0 Å². The second-order valence-corrected chi connectivity index (χ2v) is 4.35. The smallest absolute Gasteiger partial charge is 0.280 e. The van der Waals surface area contributed by atoms with E-state index in [1.165, 1.54) is 6.33 Å². The zero-order chi connectivity index (χ0) is 12.5. The topological polar surface area (TPSA) is 34.9 Å². The van der Waals surface area contributed by atoms with Crippen LogP contribution in [0.15, 0.2) is 59.7 Å². The molecule has 3 nitrogen and oxygen atoms in total. The summed E-state index contributed by atoms with van der Waals surface area (Å²) in [5.74, 6) is 0. The molecule has 1 heterocycles. The van der Waals surface area contributed by atoms with Gasteiger partial charge in [-0.1, -0.05) is 23.7 Å². The molecule has 0 radical (unpaired) electrons. The SMILES string of the molecule is O=c1ncn(-c2ccc(Cl)cc2)c2ccccc12. The lowest BCUT2D eigenvalue weighted by molar-refractivity contribution is 1.02. The minimum Gasteiger partial charge on any atom is -0.300 e. The van der Waals surface area contributed by atoms with E-state index in [-0.39, 0.29) is 5.56 Å². The first-order chi connectivity index (χ1) is 8.75. The van der Waals surface area contributed by atoms with Crippen molar-refractivity contribution in [3.8, 4) is 5.69 Å². The van der Waals surface area contributed by atoms with Crippen LogP contribution in [0.1, 0.15) is 0 Å². The summed E-state index contributed by atoms with van der Waals surface area (Å²) in [6, 6.07) is 14.8. The number of para-hydroxylation sites is 1. The molecular formula is C14H9ClN2O. The predicted octanol–water partition coefficient (Wildman–Crippen LogP) is 3.04. The molecule has 0 unspecified atom stereocenters. The fourth-order valence-electron chi connectivity index (χ4n) is 1.91. The lowest BCUT2D eigenvalue weighted by atomic mass is 10.2. The number of halogens is 1. The molecule has 1 aromatic heterocycles. The van der Waals surface area contributed by atoms with Gasteiger partial charge in [0, 0.05) is 10.7 Å². The zero-order valence-corrected chi connectivity index (χ0v) is 10.1. The van der Waals surface area contributed by atoms with Gasteiger partial charge >= 0.3 is 0 Å². The average Bonchev–Trinajstić information content (AvgIpc) is 2.41. The van der Waals surface area contributed by atoms with E-state index in [0.29, 0.717) is 10.4 Å². The number of rotatable bonds is 1. The number of nitrogens with zero attached hydrogens (tertiary/aromatic N) is 2. The van der Waals surface area contributed by atoms with Crippen molar-refractivity contribution in [2.24, 2.45) is 0 Å². The molecule has 4 heteroatoms. The summed E-state index contributed by atoms with van der Waals surface area (Å²) in [7, 11) is 0. The van der Waals surface area contributed by atoms with E-state index < -0.39 is 0 Å². The molecule has 0 aliphatic carbocycles. The van der Waals surface area contributed by atoms with E-state index in [9.17, 15) is 4.79 Å². The van der Waals surface area contributed by atoms with Crippen molar-refractivity contribution in [3.63, 3.8) is 0 Å². The van der Waals surface area contributed by atoms with Crippen LogP contribution >= 0.6 is 11.6 Å². The molecule has 0 aliphatic heterocycles. The molecule has 0 saturated heterocycles. The maximum absolute atomic E-state index is 11.7. The predicted molar refractivity (Wildman–Crippen MR) is 72.4 cm³/mol. The summed E-state index contributed by atoms with van der Waals surface area (Å²) < 4.78 is 1.87. The summed E-state index contributed by atoms with van der Waals surface area (Å²) >= 11 is 5.87. The van der Waals surface area contributed by atoms with Crippen molar-refractivity contribution in [2.75, 3.05) is 0 Å². The zero-order valence-electron chi connectivity index (χ0n) is 9.38. The Morgan fingerprint density at radius 1 is 1.00 bits per heavy atom. The Kier molecular flexibility index (Phi) is 2.61. The Bertz CT molecular complexity index is 763. The summed E-state index contributed by atoms with van der Waals surface area (Å²) in [6.45, 7) is 0. The Morgan fingerprint density at radius 2 is 1.72 bits per heavy atom. The highest BCUT2D eigenvalue weighted by molar-refractivity contribution is 6.30. The molecular weight excluding hydrogens is 248 g/mol. The maximum Gasteiger partial charge on any atom is 0.280 e. The van der Waals surface area contributed by atoms with Crippen LogP contribution in [0.2, 0.25) is 5.02 Å². The van der Waals surface area contributed by atoms with E-state index in [4.69, 9.17) is 11.6 Å². The number of hydrogen-bond donors (Lipinski definition) is 0. The van der Waals surface area contributed by atoms with Crippen LogP contribution in [0.3, 0.4) is 0 Å². The number of benzene rings is 2. The normalized spacial score (nSPS) is 10.7. The van der Waals surface area contributed by atoms with E-state index in [1.54, 1.807) is 6.07 Å². The van der Waals surface area contributed by atoms with Gasteiger partial charge in [-0.25, -0.2) is 0 Å². The molecule has 3 rings (SSSR count). The van der Waals surface area contributed by atoms with Crippen molar-refractivity contribution >= 4 is 22.5 Å². The third-order valence-electron chi connectivity index (χ3n) is 2.79. The second kappa shape index (κ2) is 4.27. The van der Waals surface area contributed by atoms with Crippen LogP contribution in [0, 0.1) is 0 Å². The second-order valence-electron chi connectivity index (χ2n) is 3.91. The van der Waals surface area contributed by atoms with Crippen molar-refractivity contribution in [1.82, 2.24) is 9.55 Å². The van der Waals surface area contributed by atoms with Crippen LogP contribution in [-0.4, -0.2) is 9.55 Å². The van der Waals surface area contributed by atoms with Gasteiger partial charge in [-0.15, -0.1) is 0 Å². The van der Waals surface area contributed by atoms with Gasteiger partial charge in [-0.3, -0.25) is 4.79 Å². The summed E-state index contributed by atoms with van der Waals surface area (Å²) in [5, 5.41) is 1.28. The molecule has 0 N–H and O–H groups in total. The molecule has 0 fully saturated rings. The molecule has 0 atom stereocenters. The largest absolute Gasteiger partial charge is 0.300 e. The van der Waals surface area contributed by atoms with E-state index >= 15 is 0 Å². The molecule has 0 bridgehead atoms. The Hall–Kier alpha value is -2.13. The Labute approximate surface area is 108 Å². The quantitative estimate of drug-likeness (QED) is 0.671. The van der Waals surface area contributed by atoms with Crippen molar-refractivity contribution in [2.45, 2.75) is 0 Å². The van der Waals surface area contributed by atoms with E-state index in [0.717, 1.165) is 11.2 Å². The number of aromatic nitrogens is 2. The highest BCUT2D eigenvalue weighted by Crippen LogP contribution is 2.17. The first kappa shape index (κ1) is 11.0. The molecule has 3 aromatic rings. The van der Waals surface area contributed by atoms with Crippen molar-refractivity contribution in [1.29, 1.82) is 0 Å². The number of fused-ring (bicyclic) bond motifs is 1. The Balaban J connectivity index is 2.33. The highest BCUT2D eigenvalue weighted by atomic mass is 35.5. The summed E-state index contributed by atoms with van der Waals surface area (Å²) in [5.41, 5.74) is 1.54. The monoisotopic (exact) mass is 256 g/mol. The summed E-state index contributed by atoms with van der Waals surface area (Å²) in [4.78, 5) is 15.6. The molecule has 0 saturated carbocycles. The van der Waals surface area contributed by atoms with Crippen LogP contribution in [0.25, 0.3) is 16.6 Å². The first-order valence-electron chi connectivity index (χ1n) is 5.48. The minimum atomic E-state index is -0.212. The molecule has 18 heavy (non-hydrogen) atoms. The minimum absolute atomic E-state index is 0.212. The van der Waals surface area contributed by atoms with Gasteiger partial charge in [0.05, 0.1) is 10.9 Å². The van der Waals surface area contributed by atoms with E-state index in [2.05, 4.69) is 4.98 Å². The fourth-order valence-corrected chi connectivity index (χ4v) is 2.04. The maximum atomic E-state index is 11.7. The lowest BCUT2D eigenvalue weighted by Gasteiger charge is -2.09. The van der Waals surface area contributed by atoms with Gasteiger partial charge in [-0.05, 0) is 36.4 Å². The molecule has 88 valence electrons. The van der Waals surface area contributed by atoms with Crippen molar-refractivity contribution < 1.29 is 0 Å². The third-order valence-corrected chi connectivity index (χ3v) is 3.04. The van der Waals surface area contributed by atoms with Gasteiger partial charge in [-0.2, -0.15) is 4.98 Å². The van der Waals surface area contributed by atoms with E-state index in [1.807, 2.05) is 47.0 Å². The van der Waals surface area contributed by atoms with Crippen LogP contribution in [-0.2, 0) is 0 Å². The van der Waals surface area contributed by atoms with Gasteiger partial charge in [0.25, 0.3) is 5.56 Å². The average molecular weight is 257 g/mol. The van der Waals surface area contributed by atoms with Crippen LogP contribution < -0.4 is 5.56 Å². The van der Waals surface area contributed by atoms with Gasteiger partial charge in [0.1, 0.15) is 6.33 Å². The van der Waals surface area contributed by atoms with Gasteiger partial charge in [0.15, 0.2) is 0 Å². The molecule has 0 spiro atoms. The fraction of sp³-hybridized carbons (Fsp3) is 0. The van der Waals surface area contributed by atoms with Crippen LogP contribution in [0.4, 0.5) is 0 Å². The molecule has 0 aliphatic rings. The molecule has 0 amide bonds. The number of hydrogen-bond acceptors (Lipinski definition) is 2. The summed E-state index contributed by atoms with van der Waals surface area (Å²) in [6.07, 6.45) is 1.54. The third kappa shape index (κ3) is 1.79. The van der Waals surface area contributed by atoms with Gasteiger partial charge < -0.3 is 4.57 Å².